The molecular formula is C20H21N3O4S2. The highest BCUT2D eigenvalue weighted by molar-refractivity contribution is 7.81. The molecule has 2 aromatic heterocycles. The van der Waals surface area contributed by atoms with Crippen LogP contribution in [0.4, 0.5) is 5.69 Å². The van der Waals surface area contributed by atoms with E-state index in [4.69, 9.17) is 32.2 Å². The van der Waals surface area contributed by atoms with E-state index in [2.05, 4.69) is 9.97 Å². The molecule has 2 N–H and O–H groups in total. The highest BCUT2D eigenvalue weighted by Crippen LogP contribution is 2.39. The molecular weight excluding hydrogens is 410 g/mol. The van der Waals surface area contributed by atoms with Gasteiger partial charge in [-0.2, -0.15) is 0 Å². The van der Waals surface area contributed by atoms with Crippen molar-refractivity contribution in [3.05, 3.63) is 35.0 Å². The molecule has 0 saturated heterocycles. The topological polar surface area (TPSA) is 96.6 Å². The van der Waals surface area contributed by atoms with Crippen molar-refractivity contribution in [2.75, 3.05) is 25.6 Å². The molecule has 7 nitrogen and oxygen atoms in total. The second-order valence-corrected chi connectivity index (χ2v) is 7.45. The van der Waals surface area contributed by atoms with E-state index in [1.54, 1.807) is 0 Å². The molecule has 0 aliphatic carbocycles. The number of nitrogens with two attached hydrogens (primary N) is 1. The normalized spacial score (nSPS) is 10.7. The zero-order valence-electron chi connectivity index (χ0n) is 16.4. The number of nitrogen functional groups attached to an aromatic ring is 1. The minimum absolute atomic E-state index is 0.187. The van der Waals surface area contributed by atoms with Crippen LogP contribution in [0.15, 0.2) is 24.3 Å². The monoisotopic (exact) mass is 431 g/mol. The number of hydrogen-bond donors (Lipinski definition) is 1. The third-order valence-electron chi connectivity index (χ3n) is 3.93. The summed E-state index contributed by atoms with van der Waals surface area (Å²) in [6.07, 6.45) is 0. The molecule has 0 amide bonds. The fourth-order valence-electron chi connectivity index (χ4n) is 2.76. The number of thiophene rings is 1. The maximum absolute atomic E-state index is 10.9. The quantitative estimate of drug-likeness (QED) is 0.342. The Bertz CT molecular complexity index is 1070. The molecule has 0 aliphatic heterocycles. The SMILES string of the molecule is CCOC(=S)c1sc2nc(C)nc(-c3cccc(OCCOC(C)=O)c3)c2c1N. The minimum Gasteiger partial charge on any atom is -0.490 e. The summed E-state index contributed by atoms with van der Waals surface area (Å²) in [6.45, 7) is 5.98. The lowest BCUT2D eigenvalue weighted by atomic mass is 10.1. The maximum Gasteiger partial charge on any atom is 0.302 e. The largest absolute Gasteiger partial charge is 0.490 e. The smallest absolute Gasteiger partial charge is 0.302 e. The van der Waals surface area contributed by atoms with Crippen molar-refractivity contribution >= 4 is 50.5 Å². The van der Waals surface area contributed by atoms with Crippen LogP contribution in [0.5, 0.6) is 5.75 Å². The Hall–Kier alpha value is -2.78. The van der Waals surface area contributed by atoms with Crippen molar-refractivity contribution in [1.82, 2.24) is 9.97 Å². The predicted molar refractivity (Wildman–Crippen MR) is 117 cm³/mol. The van der Waals surface area contributed by atoms with Crippen LogP contribution in [0, 0.1) is 6.92 Å². The molecule has 29 heavy (non-hydrogen) atoms. The third-order valence-corrected chi connectivity index (χ3v) is 5.48. The van der Waals surface area contributed by atoms with Gasteiger partial charge in [-0.05, 0) is 38.2 Å². The molecule has 0 atom stereocenters. The third kappa shape index (κ3) is 4.80. The van der Waals surface area contributed by atoms with Crippen LogP contribution in [0.1, 0.15) is 24.5 Å². The molecule has 0 fully saturated rings. The van der Waals surface area contributed by atoms with E-state index >= 15 is 0 Å². The number of aryl methyl sites for hydroxylation is 1. The summed E-state index contributed by atoms with van der Waals surface area (Å²) in [5, 5.41) is 1.11. The Kier molecular flexibility index (Phi) is 6.60. The van der Waals surface area contributed by atoms with Crippen LogP contribution >= 0.6 is 23.6 Å². The van der Waals surface area contributed by atoms with Crippen molar-refractivity contribution in [2.24, 2.45) is 0 Å². The van der Waals surface area contributed by atoms with Gasteiger partial charge in [0.2, 0.25) is 5.05 Å². The summed E-state index contributed by atoms with van der Waals surface area (Å²) in [4.78, 5) is 21.4. The van der Waals surface area contributed by atoms with Crippen molar-refractivity contribution in [2.45, 2.75) is 20.8 Å². The first-order chi connectivity index (χ1) is 13.9. The Morgan fingerprint density at radius 2 is 2.03 bits per heavy atom. The maximum atomic E-state index is 10.9. The van der Waals surface area contributed by atoms with E-state index in [0.29, 0.717) is 39.5 Å². The summed E-state index contributed by atoms with van der Waals surface area (Å²) >= 11 is 6.74. The van der Waals surface area contributed by atoms with Gasteiger partial charge in [0.25, 0.3) is 0 Å². The van der Waals surface area contributed by atoms with Gasteiger partial charge in [-0.15, -0.1) is 11.3 Å². The van der Waals surface area contributed by atoms with Crippen LogP contribution < -0.4 is 10.5 Å². The average molecular weight is 432 g/mol. The highest BCUT2D eigenvalue weighted by Gasteiger charge is 2.20. The fraction of sp³-hybridized carbons (Fsp3) is 0.300. The molecule has 0 aliphatic rings. The van der Waals surface area contributed by atoms with Gasteiger partial charge < -0.3 is 19.9 Å². The second-order valence-electron chi connectivity index (χ2n) is 6.08. The molecule has 0 saturated carbocycles. The van der Waals surface area contributed by atoms with Gasteiger partial charge in [0.1, 0.15) is 34.5 Å². The predicted octanol–water partition coefficient (Wildman–Crippen LogP) is 3.90. The number of rotatable bonds is 7. The Morgan fingerprint density at radius 3 is 2.76 bits per heavy atom. The molecule has 3 aromatic rings. The summed E-state index contributed by atoms with van der Waals surface area (Å²) in [6, 6.07) is 7.49. The van der Waals surface area contributed by atoms with Gasteiger partial charge in [-0.1, -0.05) is 12.1 Å². The number of benzene rings is 1. The molecule has 3 rings (SSSR count). The molecule has 1 aromatic carbocycles. The molecule has 2 heterocycles. The van der Waals surface area contributed by atoms with Gasteiger partial charge in [0.15, 0.2) is 0 Å². The molecule has 0 unspecified atom stereocenters. The van der Waals surface area contributed by atoms with E-state index in [-0.39, 0.29) is 19.2 Å². The summed E-state index contributed by atoms with van der Waals surface area (Å²) in [5.74, 6) is 0.927. The zero-order valence-corrected chi connectivity index (χ0v) is 18.0. The number of esters is 1. The Labute approximate surface area is 177 Å². The fourth-order valence-corrected chi connectivity index (χ4v) is 4.15. The van der Waals surface area contributed by atoms with Gasteiger partial charge in [0, 0.05) is 12.5 Å². The van der Waals surface area contributed by atoms with Crippen LogP contribution in [0.2, 0.25) is 0 Å². The molecule has 0 radical (unpaired) electrons. The van der Waals surface area contributed by atoms with Crippen molar-refractivity contribution in [1.29, 1.82) is 0 Å². The number of fused-ring (bicyclic) bond motifs is 1. The minimum atomic E-state index is -0.338. The molecule has 0 spiro atoms. The van der Waals surface area contributed by atoms with E-state index in [9.17, 15) is 4.79 Å². The Morgan fingerprint density at radius 1 is 1.24 bits per heavy atom. The van der Waals surface area contributed by atoms with Gasteiger partial charge in [0.05, 0.1) is 23.4 Å². The first kappa shape index (κ1) is 20.9. The summed E-state index contributed by atoms with van der Waals surface area (Å²) in [5.41, 5.74) is 8.46. The summed E-state index contributed by atoms with van der Waals surface area (Å²) < 4.78 is 16.0. The van der Waals surface area contributed by atoms with Crippen LogP contribution in [0.25, 0.3) is 21.5 Å². The molecule has 9 heteroatoms. The first-order valence-electron chi connectivity index (χ1n) is 9.01. The molecule has 152 valence electrons. The second kappa shape index (κ2) is 9.15. The standard InChI is InChI=1S/C20H21N3O4S2/c1-4-25-20(28)18-16(21)15-17(22-11(2)23-19(15)29-18)13-6-5-7-14(10-13)27-9-8-26-12(3)24/h5-7,10H,4,8-9,21H2,1-3H3. The number of hydrogen-bond acceptors (Lipinski definition) is 9. The lowest BCUT2D eigenvalue weighted by Crippen LogP contribution is -2.09. The number of thiocarbonyl (C=S) groups is 1. The van der Waals surface area contributed by atoms with E-state index < -0.39 is 0 Å². The van der Waals surface area contributed by atoms with Gasteiger partial charge >= 0.3 is 5.97 Å². The lowest BCUT2D eigenvalue weighted by Gasteiger charge is -2.09. The number of aromatic nitrogens is 2. The van der Waals surface area contributed by atoms with E-state index in [1.807, 2.05) is 38.1 Å². The van der Waals surface area contributed by atoms with Gasteiger partial charge in [-0.25, -0.2) is 9.97 Å². The van der Waals surface area contributed by atoms with Crippen LogP contribution in [-0.2, 0) is 14.3 Å². The van der Waals surface area contributed by atoms with E-state index in [1.165, 1.54) is 18.3 Å². The van der Waals surface area contributed by atoms with Crippen LogP contribution in [-0.4, -0.2) is 40.8 Å². The summed E-state index contributed by atoms with van der Waals surface area (Å²) in [7, 11) is 0. The van der Waals surface area contributed by atoms with Crippen molar-refractivity contribution in [3.63, 3.8) is 0 Å². The number of anilines is 1. The number of carbonyl (C=O) groups excluding carboxylic acids is 1. The number of nitrogens with zero attached hydrogens (tertiary/aromatic N) is 2. The zero-order chi connectivity index (χ0) is 21.0. The lowest BCUT2D eigenvalue weighted by molar-refractivity contribution is -0.141. The van der Waals surface area contributed by atoms with Crippen LogP contribution in [0.3, 0.4) is 0 Å². The molecule has 0 bridgehead atoms. The number of carbonyl (C=O) groups is 1. The first-order valence-corrected chi connectivity index (χ1v) is 10.2. The number of ether oxygens (including phenoxy) is 3. The van der Waals surface area contributed by atoms with E-state index in [0.717, 1.165) is 15.8 Å². The van der Waals surface area contributed by atoms with Crippen molar-refractivity contribution < 1.29 is 19.0 Å². The average Bonchev–Trinajstić information content (AvgIpc) is 3.01. The Balaban J connectivity index is 1.98. The van der Waals surface area contributed by atoms with Crippen molar-refractivity contribution in [3.8, 4) is 17.0 Å². The highest BCUT2D eigenvalue weighted by atomic mass is 32.1. The van der Waals surface area contributed by atoms with Gasteiger partial charge in [-0.3, -0.25) is 4.79 Å².